The number of aryl methyl sites for hydroxylation is 1. The van der Waals surface area contributed by atoms with E-state index in [9.17, 15) is 4.79 Å². The van der Waals surface area contributed by atoms with Gasteiger partial charge in [0.25, 0.3) is 5.91 Å². The van der Waals surface area contributed by atoms with Crippen molar-refractivity contribution in [2.45, 2.75) is 20.0 Å². The monoisotopic (exact) mass is 308 g/mol. The Morgan fingerprint density at radius 3 is 3.04 bits per heavy atom. The first-order valence-corrected chi connectivity index (χ1v) is 7.48. The Balaban J connectivity index is 1.92. The number of hydrogen-bond donors (Lipinski definition) is 2. The third-order valence-electron chi connectivity index (χ3n) is 4.33. The van der Waals surface area contributed by atoms with Gasteiger partial charge in [0.2, 0.25) is 0 Å². The van der Waals surface area contributed by atoms with E-state index in [1.54, 1.807) is 6.20 Å². The van der Waals surface area contributed by atoms with Crippen LogP contribution in [-0.2, 0) is 17.8 Å². The van der Waals surface area contributed by atoms with Gasteiger partial charge in [-0.25, -0.2) is 0 Å². The SMILES string of the molecule is Cc1[nH]nc2cc(-c3cnc(C(N)=O)c4c3COCC4)ccc12. The van der Waals surface area contributed by atoms with Crippen LogP contribution in [0.5, 0.6) is 0 Å². The van der Waals surface area contributed by atoms with Gasteiger partial charge in [-0.1, -0.05) is 12.1 Å². The van der Waals surface area contributed by atoms with E-state index in [0.29, 0.717) is 25.3 Å². The molecule has 3 heterocycles. The van der Waals surface area contributed by atoms with Crippen molar-refractivity contribution in [3.05, 3.63) is 46.9 Å². The molecule has 0 atom stereocenters. The molecule has 6 nitrogen and oxygen atoms in total. The number of rotatable bonds is 2. The molecular formula is C17H16N4O2. The molecule has 0 saturated carbocycles. The summed E-state index contributed by atoms with van der Waals surface area (Å²) < 4.78 is 5.58. The number of pyridine rings is 1. The van der Waals surface area contributed by atoms with Gasteiger partial charge in [-0.05, 0) is 36.1 Å². The quantitative estimate of drug-likeness (QED) is 0.758. The third-order valence-corrected chi connectivity index (χ3v) is 4.33. The Morgan fingerprint density at radius 1 is 1.35 bits per heavy atom. The van der Waals surface area contributed by atoms with Crippen molar-refractivity contribution in [3.8, 4) is 11.1 Å². The zero-order valence-electron chi connectivity index (χ0n) is 12.7. The van der Waals surface area contributed by atoms with Crippen LogP contribution >= 0.6 is 0 Å². The molecule has 1 aliphatic heterocycles. The molecule has 6 heteroatoms. The second-order valence-corrected chi connectivity index (χ2v) is 5.72. The van der Waals surface area contributed by atoms with Crippen molar-refractivity contribution in [1.82, 2.24) is 15.2 Å². The number of carbonyl (C=O) groups excluding carboxylic acids is 1. The van der Waals surface area contributed by atoms with Crippen LogP contribution in [-0.4, -0.2) is 27.7 Å². The maximum Gasteiger partial charge on any atom is 0.267 e. The zero-order chi connectivity index (χ0) is 16.0. The summed E-state index contributed by atoms with van der Waals surface area (Å²) in [5, 5.41) is 8.40. The van der Waals surface area contributed by atoms with Gasteiger partial charge in [0.15, 0.2) is 0 Å². The summed E-state index contributed by atoms with van der Waals surface area (Å²) in [4.78, 5) is 15.9. The number of primary amides is 1. The van der Waals surface area contributed by atoms with Crippen molar-refractivity contribution < 1.29 is 9.53 Å². The molecule has 4 rings (SSSR count). The van der Waals surface area contributed by atoms with Gasteiger partial charge in [0, 0.05) is 22.8 Å². The summed E-state index contributed by atoms with van der Waals surface area (Å²) in [6.07, 6.45) is 2.35. The number of H-pyrrole nitrogens is 1. The van der Waals surface area contributed by atoms with Gasteiger partial charge in [-0.2, -0.15) is 5.10 Å². The number of hydrogen-bond acceptors (Lipinski definition) is 4. The van der Waals surface area contributed by atoms with Crippen LogP contribution in [0.25, 0.3) is 22.0 Å². The highest BCUT2D eigenvalue weighted by Crippen LogP contribution is 2.32. The lowest BCUT2D eigenvalue weighted by atomic mass is 9.93. The van der Waals surface area contributed by atoms with Crippen LogP contribution in [0.2, 0.25) is 0 Å². The second-order valence-electron chi connectivity index (χ2n) is 5.72. The minimum Gasteiger partial charge on any atom is -0.376 e. The Bertz CT molecular complexity index is 930. The average molecular weight is 308 g/mol. The van der Waals surface area contributed by atoms with E-state index >= 15 is 0 Å². The van der Waals surface area contributed by atoms with E-state index in [4.69, 9.17) is 10.5 Å². The normalized spacial score (nSPS) is 14.0. The molecule has 0 fully saturated rings. The van der Waals surface area contributed by atoms with Crippen LogP contribution in [0.4, 0.5) is 0 Å². The number of carbonyl (C=O) groups is 1. The number of benzene rings is 1. The van der Waals surface area contributed by atoms with Crippen molar-refractivity contribution in [1.29, 1.82) is 0 Å². The van der Waals surface area contributed by atoms with Gasteiger partial charge >= 0.3 is 0 Å². The number of aromatic nitrogens is 3. The predicted molar refractivity (Wildman–Crippen MR) is 85.9 cm³/mol. The Hall–Kier alpha value is -2.73. The standard InChI is InChI=1S/C17H16N4O2/c1-9-11-3-2-10(6-15(11)21-20-9)13-7-19-16(17(18)22)12-4-5-23-8-14(12)13/h2-3,6-7H,4-5,8H2,1H3,(H2,18,22)(H,20,21). The van der Waals surface area contributed by atoms with Gasteiger partial charge < -0.3 is 10.5 Å². The van der Waals surface area contributed by atoms with Crippen molar-refractivity contribution in [2.24, 2.45) is 5.73 Å². The van der Waals surface area contributed by atoms with Crippen LogP contribution in [0, 0.1) is 6.92 Å². The van der Waals surface area contributed by atoms with Gasteiger partial charge in [-0.3, -0.25) is 14.9 Å². The lowest BCUT2D eigenvalue weighted by molar-refractivity contribution is 0.0979. The van der Waals surface area contributed by atoms with E-state index in [0.717, 1.165) is 38.9 Å². The molecule has 3 aromatic rings. The minimum atomic E-state index is -0.493. The number of amides is 1. The highest BCUT2D eigenvalue weighted by Gasteiger charge is 2.22. The summed E-state index contributed by atoms with van der Waals surface area (Å²) in [5.41, 5.74) is 11.6. The topological polar surface area (TPSA) is 93.9 Å². The molecule has 1 aromatic carbocycles. The fraction of sp³-hybridized carbons (Fsp3) is 0.235. The van der Waals surface area contributed by atoms with Crippen LogP contribution < -0.4 is 5.73 Å². The summed E-state index contributed by atoms with van der Waals surface area (Å²) in [7, 11) is 0. The smallest absolute Gasteiger partial charge is 0.267 e. The first-order chi connectivity index (χ1) is 11.1. The van der Waals surface area contributed by atoms with Crippen molar-refractivity contribution >= 4 is 16.8 Å². The minimum absolute atomic E-state index is 0.351. The number of aromatic amines is 1. The van der Waals surface area contributed by atoms with Gasteiger partial charge in [0.1, 0.15) is 5.69 Å². The number of fused-ring (bicyclic) bond motifs is 2. The zero-order valence-corrected chi connectivity index (χ0v) is 12.7. The maximum atomic E-state index is 11.6. The van der Waals surface area contributed by atoms with Gasteiger partial charge in [0.05, 0.1) is 18.7 Å². The number of nitrogens with two attached hydrogens (primary N) is 1. The van der Waals surface area contributed by atoms with Crippen molar-refractivity contribution in [2.75, 3.05) is 6.61 Å². The molecule has 2 aromatic heterocycles. The first-order valence-electron chi connectivity index (χ1n) is 7.48. The molecule has 3 N–H and O–H groups in total. The maximum absolute atomic E-state index is 11.6. The molecule has 0 saturated heterocycles. The molecule has 0 aliphatic carbocycles. The van der Waals surface area contributed by atoms with E-state index in [-0.39, 0.29) is 0 Å². The van der Waals surface area contributed by atoms with Crippen LogP contribution in [0.15, 0.2) is 24.4 Å². The molecule has 1 aliphatic rings. The van der Waals surface area contributed by atoms with E-state index in [1.165, 1.54) is 0 Å². The summed E-state index contributed by atoms with van der Waals surface area (Å²) in [6, 6.07) is 6.11. The highest BCUT2D eigenvalue weighted by molar-refractivity contribution is 5.94. The summed E-state index contributed by atoms with van der Waals surface area (Å²) in [5.74, 6) is -0.493. The predicted octanol–water partition coefficient (Wildman–Crippen LogP) is 2.10. The van der Waals surface area contributed by atoms with E-state index in [1.807, 2.05) is 25.1 Å². The number of nitrogens with zero attached hydrogens (tertiary/aromatic N) is 2. The Labute approximate surface area is 132 Å². The lowest BCUT2D eigenvalue weighted by Gasteiger charge is -2.21. The van der Waals surface area contributed by atoms with Crippen LogP contribution in [0.1, 0.15) is 27.3 Å². The first kappa shape index (κ1) is 13.9. The van der Waals surface area contributed by atoms with Gasteiger partial charge in [-0.15, -0.1) is 0 Å². The van der Waals surface area contributed by atoms with E-state index < -0.39 is 5.91 Å². The number of ether oxygens (including phenoxy) is 1. The Kier molecular flexibility index (Phi) is 3.12. The highest BCUT2D eigenvalue weighted by atomic mass is 16.5. The average Bonchev–Trinajstić information content (AvgIpc) is 2.94. The molecular weight excluding hydrogens is 292 g/mol. The largest absolute Gasteiger partial charge is 0.376 e. The molecule has 0 radical (unpaired) electrons. The number of nitrogens with one attached hydrogen (secondary N) is 1. The summed E-state index contributed by atoms with van der Waals surface area (Å²) >= 11 is 0. The fourth-order valence-electron chi connectivity index (χ4n) is 3.15. The van der Waals surface area contributed by atoms with Crippen LogP contribution in [0.3, 0.4) is 0 Å². The Morgan fingerprint density at radius 2 is 2.22 bits per heavy atom. The molecule has 1 amide bonds. The van der Waals surface area contributed by atoms with E-state index in [2.05, 4.69) is 15.2 Å². The molecule has 0 spiro atoms. The molecule has 0 unspecified atom stereocenters. The summed E-state index contributed by atoms with van der Waals surface area (Å²) in [6.45, 7) is 3.04. The van der Waals surface area contributed by atoms with Crippen molar-refractivity contribution in [3.63, 3.8) is 0 Å². The fourth-order valence-corrected chi connectivity index (χ4v) is 3.15. The molecule has 0 bridgehead atoms. The second kappa shape index (κ2) is 5.17. The third kappa shape index (κ3) is 2.19. The molecule has 116 valence electrons. The molecule has 23 heavy (non-hydrogen) atoms. The lowest BCUT2D eigenvalue weighted by Crippen LogP contribution is -2.21.